The Morgan fingerprint density at radius 2 is 1.53 bits per heavy atom. The summed E-state index contributed by atoms with van der Waals surface area (Å²) in [6, 6.07) is 0. The predicted octanol–water partition coefficient (Wildman–Crippen LogP) is 2.02. The van der Waals surface area contributed by atoms with E-state index in [1.54, 1.807) is 0 Å². The fourth-order valence-corrected chi connectivity index (χ4v) is 0.619. The van der Waals surface area contributed by atoms with Gasteiger partial charge >= 0.3 is 30.1 Å². The zero-order chi connectivity index (χ0) is 15.5. The minimum atomic E-state index is -6.68. The average Bonchev–Trinajstić information content (AvgIpc) is 2.24. The van der Waals surface area contributed by atoms with Crippen molar-refractivity contribution in [3.8, 4) is 0 Å². The third-order valence-electron chi connectivity index (χ3n) is 1.51. The number of nitrogens with one attached hydrogen (secondary N) is 1. The number of carbonyl (C=O) groups excluding carboxylic acids is 2. The molecule has 0 fully saturated rings. The van der Waals surface area contributed by atoms with Gasteiger partial charge in [-0.15, -0.1) is 5.48 Å². The molecule has 0 heterocycles. The smallest absolute Gasteiger partial charge is 0.448 e. The van der Waals surface area contributed by atoms with E-state index in [-0.39, 0.29) is 6.61 Å². The molecule has 0 rings (SSSR count). The highest BCUT2D eigenvalue weighted by Crippen LogP contribution is 2.46. The molecule has 0 atom stereocenters. The van der Waals surface area contributed by atoms with Crippen LogP contribution < -0.4 is 5.48 Å². The average molecular weight is 301 g/mol. The van der Waals surface area contributed by atoms with Crippen molar-refractivity contribution >= 4 is 12.1 Å². The molecule has 0 spiro atoms. The number of amides is 1. The van der Waals surface area contributed by atoms with Gasteiger partial charge in [-0.3, -0.25) is 0 Å². The number of ether oxygens (including phenoxy) is 1. The molecule has 0 aromatic heterocycles. The quantitative estimate of drug-likeness (QED) is 0.640. The maximum Gasteiger partial charge on any atom is 0.460 e. The summed E-state index contributed by atoms with van der Waals surface area (Å²) in [6.07, 6.45) is -8.30. The first-order valence-electron chi connectivity index (χ1n) is 4.34. The van der Waals surface area contributed by atoms with Gasteiger partial charge in [0.15, 0.2) is 0 Å². The summed E-state index contributed by atoms with van der Waals surface area (Å²) in [5.74, 6) is -16.2. The molecule has 0 aliphatic carbocycles. The highest BCUT2D eigenvalue weighted by Gasteiger charge is 2.77. The molecule has 0 saturated heterocycles. The zero-order valence-electron chi connectivity index (χ0n) is 8.99. The second kappa shape index (κ2) is 5.48. The molecule has 0 radical (unpaired) electrons. The van der Waals surface area contributed by atoms with E-state index >= 15 is 0 Å². The van der Waals surface area contributed by atoms with Crippen LogP contribution in [0.3, 0.4) is 0 Å². The first-order chi connectivity index (χ1) is 8.38. The number of hydrogen-bond acceptors (Lipinski definition) is 4. The molecule has 112 valence electrons. The lowest BCUT2D eigenvalue weighted by Crippen LogP contribution is -2.57. The number of halogens is 7. The molecule has 0 aliphatic rings. The number of hydrogen-bond donors (Lipinski definition) is 1. The van der Waals surface area contributed by atoms with Crippen LogP contribution in [0.2, 0.25) is 0 Å². The van der Waals surface area contributed by atoms with E-state index in [4.69, 9.17) is 0 Å². The van der Waals surface area contributed by atoms with Crippen LogP contribution in [0.25, 0.3) is 0 Å². The summed E-state index contributed by atoms with van der Waals surface area (Å²) in [5, 5.41) is 0. The minimum absolute atomic E-state index is 0.293. The van der Waals surface area contributed by atoms with Crippen molar-refractivity contribution in [2.24, 2.45) is 0 Å². The van der Waals surface area contributed by atoms with Gasteiger partial charge in [0.25, 0.3) is 0 Å². The summed E-state index contributed by atoms with van der Waals surface area (Å²) in [4.78, 5) is 24.0. The van der Waals surface area contributed by atoms with Crippen LogP contribution in [-0.4, -0.2) is 36.7 Å². The van der Waals surface area contributed by atoms with E-state index in [1.165, 1.54) is 6.92 Å². The molecular weight excluding hydrogens is 295 g/mol. The zero-order valence-corrected chi connectivity index (χ0v) is 8.99. The Morgan fingerprint density at radius 1 is 1.05 bits per heavy atom. The van der Waals surface area contributed by atoms with Crippen LogP contribution in [0, 0.1) is 0 Å². The van der Waals surface area contributed by atoms with E-state index in [2.05, 4.69) is 9.57 Å². The lowest BCUT2D eigenvalue weighted by atomic mass is 10.1. The fraction of sp³-hybridized carbons (Fsp3) is 0.714. The number of rotatable bonds is 3. The third-order valence-corrected chi connectivity index (χ3v) is 1.51. The van der Waals surface area contributed by atoms with Crippen molar-refractivity contribution in [1.29, 1.82) is 0 Å². The maximum absolute atomic E-state index is 12.6. The van der Waals surface area contributed by atoms with Crippen LogP contribution in [-0.2, 0) is 14.4 Å². The molecule has 0 saturated carbocycles. The summed E-state index contributed by atoms with van der Waals surface area (Å²) < 4.78 is 88.8. The normalized spacial score (nSPS) is 12.8. The molecule has 0 aromatic rings. The number of hydroxylamine groups is 1. The molecule has 0 unspecified atom stereocenters. The van der Waals surface area contributed by atoms with E-state index in [0.29, 0.717) is 0 Å². The fourth-order valence-electron chi connectivity index (χ4n) is 0.619. The monoisotopic (exact) mass is 301 g/mol. The Morgan fingerprint density at radius 3 is 1.89 bits per heavy atom. The molecule has 0 bridgehead atoms. The highest BCUT2D eigenvalue weighted by molar-refractivity contribution is 5.80. The SMILES string of the molecule is CCOC(=O)NOC(=O)C(F)(F)C(F)(F)C(F)(F)F. The Labute approximate surface area is 100 Å². The van der Waals surface area contributed by atoms with Gasteiger partial charge in [0, 0.05) is 0 Å². The number of carbonyl (C=O) groups is 2. The minimum Gasteiger partial charge on any atom is -0.448 e. The van der Waals surface area contributed by atoms with Gasteiger partial charge in [-0.2, -0.15) is 30.7 Å². The molecule has 1 N–H and O–H groups in total. The standard InChI is InChI=1S/C7H6F7NO4/c1-2-18-4(17)15-19-3(16)5(8,9)6(10,11)7(12,13)14/h2H2,1H3,(H,15,17). The first kappa shape index (κ1) is 17.2. The lowest BCUT2D eigenvalue weighted by Gasteiger charge is -2.25. The lowest BCUT2D eigenvalue weighted by molar-refractivity contribution is -0.349. The third kappa shape index (κ3) is 3.61. The summed E-state index contributed by atoms with van der Waals surface area (Å²) in [5.41, 5.74) is 0.822. The van der Waals surface area contributed by atoms with Crippen LogP contribution in [0.4, 0.5) is 35.5 Å². The molecular formula is C7H6F7NO4. The Hall–Kier alpha value is -1.75. The van der Waals surface area contributed by atoms with E-state index in [9.17, 15) is 40.3 Å². The van der Waals surface area contributed by atoms with Gasteiger partial charge in [0.1, 0.15) is 0 Å². The van der Waals surface area contributed by atoms with Gasteiger partial charge in [-0.25, -0.2) is 9.59 Å². The second-order valence-electron chi connectivity index (χ2n) is 2.86. The van der Waals surface area contributed by atoms with Crippen LogP contribution in [0.1, 0.15) is 6.92 Å². The van der Waals surface area contributed by atoms with Gasteiger partial charge in [0.2, 0.25) is 0 Å². The van der Waals surface area contributed by atoms with Gasteiger partial charge in [-0.1, -0.05) is 0 Å². The maximum atomic E-state index is 12.6. The Kier molecular flexibility index (Phi) is 4.98. The van der Waals surface area contributed by atoms with Crippen molar-refractivity contribution < 1.29 is 49.9 Å². The van der Waals surface area contributed by atoms with Crippen molar-refractivity contribution in [3.63, 3.8) is 0 Å². The molecule has 0 aliphatic heterocycles. The van der Waals surface area contributed by atoms with E-state index in [1.807, 2.05) is 0 Å². The number of alkyl halides is 7. The van der Waals surface area contributed by atoms with Gasteiger partial charge < -0.3 is 9.57 Å². The van der Waals surface area contributed by atoms with Crippen molar-refractivity contribution in [2.75, 3.05) is 6.61 Å². The topological polar surface area (TPSA) is 64.6 Å². The summed E-state index contributed by atoms with van der Waals surface area (Å²) >= 11 is 0. The van der Waals surface area contributed by atoms with E-state index in [0.717, 1.165) is 5.48 Å². The highest BCUT2D eigenvalue weighted by atomic mass is 19.4. The van der Waals surface area contributed by atoms with Crippen LogP contribution >= 0.6 is 0 Å². The van der Waals surface area contributed by atoms with Crippen LogP contribution in [0.5, 0.6) is 0 Å². The van der Waals surface area contributed by atoms with Crippen molar-refractivity contribution in [2.45, 2.75) is 24.9 Å². The van der Waals surface area contributed by atoms with Gasteiger partial charge in [-0.05, 0) is 6.92 Å². The van der Waals surface area contributed by atoms with Gasteiger partial charge in [0.05, 0.1) is 6.61 Å². The Balaban J connectivity index is 4.83. The first-order valence-corrected chi connectivity index (χ1v) is 4.34. The molecule has 19 heavy (non-hydrogen) atoms. The largest absolute Gasteiger partial charge is 0.460 e. The summed E-state index contributed by atoms with van der Waals surface area (Å²) in [6.45, 7) is 0.965. The Bertz CT molecular complexity index is 354. The molecule has 0 aromatic carbocycles. The molecule has 1 amide bonds. The van der Waals surface area contributed by atoms with E-state index < -0.39 is 30.1 Å². The second-order valence-corrected chi connectivity index (χ2v) is 2.86. The van der Waals surface area contributed by atoms with Crippen molar-refractivity contribution in [1.82, 2.24) is 5.48 Å². The van der Waals surface area contributed by atoms with Crippen molar-refractivity contribution in [3.05, 3.63) is 0 Å². The predicted molar refractivity (Wildman–Crippen MR) is 42.2 cm³/mol. The molecule has 5 nitrogen and oxygen atoms in total. The summed E-state index contributed by atoms with van der Waals surface area (Å²) in [7, 11) is 0. The molecule has 12 heteroatoms. The van der Waals surface area contributed by atoms with Crippen LogP contribution in [0.15, 0.2) is 0 Å².